The molecule has 10 aromatic rings. The number of hydrogen-bond acceptors (Lipinski definition) is 3. The van der Waals surface area contributed by atoms with Gasteiger partial charge in [-0.2, -0.15) is 0 Å². The molecule has 3 aliphatic carbocycles. The van der Waals surface area contributed by atoms with Crippen molar-refractivity contribution in [3.8, 4) is 50.8 Å². The second-order valence-corrected chi connectivity index (χ2v) is 16.0. The summed E-state index contributed by atoms with van der Waals surface area (Å²) in [5.41, 5.74) is 18.5. The molecule has 4 aliphatic rings. The van der Waals surface area contributed by atoms with Gasteiger partial charge in [-0.1, -0.05) is 133 Å². The van der Waals surface area contributed by atoms with E-state index in [1.807, 2.05) is 12.4 Å². The molecule has 0 bridgehead atoms. The summed E-state index contributed by atoms with van der Waals surface area (Å²) in [6, 6.07) is 64.4. The van der Waals surface area contributed by atoms with Crippen molar-refractivity contribution in [1.29, 1.82) is 0 Å². The molecule has 2 spiro atoms. The van der Waals surface area contributed by atoms with Crippen molar-refractivity contribution in [1.82, 2.24) is 14.5 Å². The van der Waals surface area contributed by atoms with Crippen LogP contribution in [-0.4, -0.2) is 14.5 Å². The van der Waals surface area contributed by atoms with Crippen LogP contribution in [0.4, 0.5) is 0 Å². The van der Waals surface area contributed by atoms with Crippen molar-refractivity contribution in [2.45, 2.75) is 10.8 Å². The van der Waals surface area contributed by atoms with E-state index < -0.39 is 10.8 Å². The third-order valence-corrected chi connectivity index (χ3v) is 13.6. The molecule has 58 heavy (non-hydrogen) atoms. The highest BCUT2D eigenvalue weighted by Gasteiger charge is 2.56. The number of pyridine rings is 2. The first-order valence-corrected chi connectivity index (χ1v) is 20.0. The number of aromatic nitrogens is 3. The van der Waals surface area contributed by atoms with Crippen molar-refractivity contribution in [3.63, 3.8) is 0 Å². The highest BCUT2D eigenvalue weighted by Crippen LogP contribution is 2.67. The van der Waals surface area contributed by atoms with E-state index in [1.165, 1.54) is 55.3 Å². The molecule has 0 amide bonds. The van der Waals surface area contributed by atoms with E-state index in [-0.39, 0.29) is 0 Å². The van der Waals surface area contributed by atoms with Crippen LogP contribution in [0.15, 0.2) is 188 Å². The number of ether oxygens (including phenoxy) is 1. The van der Waals surface area contributed by atoms with Gasteiger partial charge in [-0.15, -0.1) is 0 Å². The number of benzene rings is 7. The molecular weight excluding hydrogens is 707 g/mol. The minimum Gasteiger partial charge on any atom is -0.457 e. The number of rotatable bonds is 1. The molecule has 268 valence electrons. The molecule has 14 rings (SSSR count). The van der Waals surface area contributed by atoms with Crippen LogP contribution in [0.1, 0.15) is 44.5 Å². The molecule has 7 aromatic carbocycles. The maximum atomic E-state index is 7.17. The Bertz CT molecular complexity index is 3370. The van der Waals surface area contributed by atoms with Crippen LogP contribution in [-0.2, 0) is 10.8 Å². The maximum Gasteiger partial charge on any atom is 0.132 e. The molecule has 3 aromatic heterocycles. The number of nitrogens with zero attached hydrogens (tertiary/aromatic N) is 3. The lowest BCUT2D eigenvalue weighted by atomic mass is 9.65. The molecular formula is C54H31N3O. The first-order valence-electron chi connectivity index (χ1n) is 20.0. The Kier molecular flexibility index (Phi) is 5.62. The Labute approximate surface area is 334 Å². The third kappa shape index (κ3) is 3.42. The van der Waals surface area contributed by atoms with Crippen molar-refractivity contribution < 1.29 is 4.74 Å². The zero-order valence-electron chi connectivity index (χ0n) is 31.1. The van der Waals surface area contributed by atoms with Crippen molar-refractivity contribution >= 4 is 21.8 Å². The lowest BCUT2D eigenvalue weighted by molar-refractivity contribution is 0.435. The van der Waals surface area contributed by atoms with E-state index in [0.717, 1.165) is 61.9 Å². The van der Waals surface area contributed by atoms with Gasteiger partial charge in [0.15, 0.2) is 0 Å². The Balaban J connectivity index is 1.11. The maximum absolute atomic E-state index is 7.17. The zero-order valence-corrected chi connectivity index (χ0v) is 31.1. The largest absolute Gasteiger partial charge is 0.457 e. The Morgan fingerprint density at radius 2 is 0.914 bits per heavy atom. The van der Waals surface area contributed by atoms with Crippen LogP contribution in [0.25, 0.3) is 61.1 Å². The summed E-state index contributed by atoms with van der Waals surface area (Å²) in [6.07, 6.45) is 3.92. The second kappa shape index (κ2) is 10.6. The topological polar surface area (TPSA) is 39.9 Å². The fourth-order valence-corrected chi connectivity index (χ4v) is 11.5. The van der Waals surface area contributed by atoms with E-state index in [9.17, 15) is 0 Å². The molecule has 4 heterocycles. The van der Waals surface area contributed by atoms with Gasteiger partial charge in [0.2, 0.25) is 0 Å². The van der Waals surface area contributed by atoms with Crippen LogP contribution < -0.4 is 4.74 Å². The summed E-state index contributed by atoms with van der Waals surface area (Å²) in [6.45, 7) is 0. The van der Waals surface area contributed by atoms with Gasteiger partial charge in [0, 0.05) is 33.7 Å². The van der Waals surface area contributed by atoms with Gasteiger partial charge in [0.25, 0.3) is 0 Å². The van der Waals surface area contributed by atoms with Crippen molar-refractivity contribution in [3.05, 3.63) is 233 Å². The first-order chi connectivity index (χ1) is 28.8. The summed E-state index contributed by atoms with van der Waals surface area (Å²) in [5, 5.41) is 2.44. The minimum absolute atomic E-state index is 0.486. The molecule has 1 aliphatic heterocycles. The van der Waals surface area contributed by atoms with Crippen LogP contribution in [0.5, 0.6) is 11.5 Å². The lowest BCUT2D eigenvalue weighted by Crippen LogP contribution is -2.33. The Morgan fingerprint density at radius 3 is 1.60 bits per heavy atom. The quantitative estimate of drug-likeness (QED) is 0.168. The van der Waals surface area contributed by atoms with Gasteiger partial charge in [-0.25, -0.2) is 0 Å². The van der Waals surface area contributed by atoms with Crippen LogP contribution in [0.2, 0.25) is 0 Å². The normalized spacial score (nSPS) is 16.6. The van der Waals surface area contributed by atoms with Crippen molar-refractivity contribution in [2.75, 3.05) is 0 Å². The number of fused-ring (bicyclic) bond motifs is 22. The van der Waals surface area contributed by atoms with Gasteiger partial charge >= 0.3 is 0 Å². The smallest absolute Gasteiger partial charge is 0.132 e. The SMILES string of the molecule is c1ccc2c(c1)Oc1cc3c(cc1C21c2cccnc2-c2ncc(-n4c5ccccc5c5ccccc54)cc21)-c1ccccc1C31c2ccccc2-c2ccccc21. The average molecular weight is 738 g/mol. The molecule has 0 saturated carbocycles. The summed E-state index contributed by atoms with van der Waals surface area (Å²) in [4.78, 5) is 10.5. The van der Waals surface area contributed by atoms with E-state index in [4.69, 9.17) is 14.7 Å². The minimum atomic E-state index is -0.754. The molecule has 1 atom stereocenters. The van der Waals surface area contributed by atoms with E-state index >= 15 is 0 Å². The Hall–Kier alpha value is -7.56. The molecule has 0 saturated heterocycles. The summed E-state index contributed by atoms with van der Waals surface area (Å²) >= 11 is 0. The standard InChI is InChI=1S/C54H31N3O/c1-6-19-39-33(14-1)34-15-2-7-20-40(34)53(39)41-21-8-3-16-35(41)38-29-45-50(30-44(38)53)58-49-26-12-9-22-42(49)54(45)43-23-13-27-55-51(43)52-46(54)28-32(31-56-52)57-47-24-10-4-17-36(47)37-18-5-11-25-48(37)57/h1-31H. The zero-order chi connectivity index (χ0) is 37.7. The fourth-order valence-electron chi connectivity index (χ4n) is 11.5. The molecule has 0 fully saturated rings. The lowest BCUT2D eigenvalue weighted by Gasteiger charge is -2.40. The fraction of sp³-hybridized carbons (Fsp3) is 0.0370. The molecule has 1 unspecified atom stereocenters. The first kappa shape index (κ1) is 30.6. The van der Waals surface area contributed by atoms with Gasteiger partial charge < -0.3 is 9.30 Å². The van der Waals surface area contributed by atoms with Gasteiger partial charge in [-0.05, 0) is 92.5 Å². The van der Waals surface area contributed by atoms with Crippen LogP contribution in [0, 0.1) is 0 Å². The highest BCUT2D eigenvalue weighted by atomic mass is 16.5. The highest BCUT2D eigenvalue weighted by molar-refractivity contribution is 6.09. The molecule has 4 nitrogen and oxygen atoms in total. The monoisotopic (exact) mass is 737 g/mol. The number of para-hydroxylation sites is 3. The Morgan fingerprint density at radius 1 is 0.379 bits per heavy atom. The van der Waals surface area contributed by atoms with Gasteiger partial charge in [0.05, 0.1) is 45.1 Å². The summed E-state index contributed by atoms with van der Waals surface area (Å²) < 4.78 is 9.54. The molecule has 0 radical (unpaired) electrons. The second-order valence-electron chi connectivity index (χ2n) is 16.0. The van der Waals surface area contributed by atoms with Gasteiger partial charge in [-0.3, -0.25) is 9.97 Å². The van der Waals surface area contributed by atoms with Crippen LogP contribution >= 0.6 is 0 Å². The summed E-state index contributed by atoms with van der Waals surface area (Å²) in [7, 11) is 0. The molecule has 0 N–H and O–H groups in total. The predicted octanol–water partition coefficient (Wildman–Crippen LogP) is 12.4. The van der Waals surface area contributed by atoms with Crippen LogP contribution in [0.3, 0.4) is 0 Å². The number of hydrogen-bond donors (Lipinski definition) is 0. The average Bonchev–Trinajstić information content (AvgIpc) is 3.97. The molecule has 4 heteroatoms. The van der Waals surface area contributed by atoms with Crippen molar-refractivity contribution in [2.24, 2.45) is 0 Å². The van der Waals surface area contributed by atoms with E-state index in [2.05, 4.69) is 180 Å². The van der Waals surface area contributed by atoms with E-state index in [1.54, 1.807) is 0 Å². The van der Waals surface area contributed by atoms with E-state index in [0.29, 0.717) is 0 Å². The summed E-state index contributed by atoms with van der Waals surface area (Å²) in [5.74, 6) is 1.70. The predicted molar refractivity (Wildman–Crippen MR) is 230 cm³/mol. The van der Waals surface area contributed by atoms with Gasteiger partial charge in [0.1, 0.15) is 11.5 Å². The third-order valence-electron chi connectivity index (χ3n) is 13.6.